The van der Waals surface area contributed by atoms with Gasteiger partial charge >= 0.3 is 5.97 Å². The summed E-state index contributed by atoms with van der Waals surface area (Å²) in [7, 11) is 1.27. The number of aryl methyl sites for hydroxylation is 1. The van der Waals surface area contributed by atoms with Crippen LogP contribution in [0.5, 0.6) is 11.5 Å². The molecule has 1 N–H and O–H groups in total. The zero-order valence-corrected chi connectivity index (χ0v) is 20.8. The molecule has 1 aliphatic heterocycles. The van der Waals surface area contributed by atoms with Gasteiger partial charge in [0.15, 0.2) is 17.5 Å². The van der Waals surface area contributed by atoms with Crippen molar-refractivity contribution in [1.82, 2.24) is 9.88 Å². The number of aromatic nitrogens is 1. The molecule has 2 aromatic carbocycles. The number of carbonyl (C=O) groups is 2. The predicted octanol–water partition coefficient (Wildman–Crippen LogP) is 3.93. The molecule has 1 amide bonds. The van der Waals surface area contributed by atoms with Gasteiger partial charge in [0.05, 0.1) is 13.7 Å². The van der Waals surface area contributed by atoms with Crippen LogP contribution in [0.3, 0.4) is 0 Å². The minimum atomic E-state index is -1.03. The largest absolute Gasteiger partial charge is 0.467 e. The Morgan fingerprint density at radius 2 is 1.73 bits per heavy atom. The van der Waals surface area contributed by atoms with E-state index in [1.165, 1.54) is 7.11 Å². The number of fused-ring (bicyclic) bond motifs is 2. The topological polar surface area (TPSA) is 95.9 Å². The quantitative estimate of drug-likeness (QED) is 0.513. The molecule has 0 fully saturated rings. The second-order valence-electron chi connectivity index (χ2n) is 9.36. The highest BCUT2D eigenvalue weighted by atomic mass is 16.7. The molecule has 0 radical (unpaired) electrons. The lowest BCUT2D eigenvalue weighted by molar-refractivity contribution is -0.143. The van der Waals surface area contributed by atoms with Gasteiger partial charge in [0, 0.05) is 5.69 Å². The first kappa shape index (κ1) is 24.6. The van der Waals surface area contributed by atoms with Crippen LogP contribution in [0.15, 0.2) is 59.4 Å². The molecule has 37 heavy (non-hydrogen) atoms. The van der Waals surface area contributed by atoms with Gasteiger partial charge in [0.2, 0.25) is 6.79 Å². The van der Waals surface area contributed by atoms with Crippen molar-refractivity contribution in [2.75, 3.05) is 13.9 Å². The molecule has 1 aliphatic carbocycles. The molecule has 1 atom stereocenters. The number of benzene rings is 2. The number of hydrogen-bond donors (Lipinski definition) is 1. The van der Waals surface area contributed by atoms with Crippen molar-refractivity contribution in [2.24, 2.45) is 0 Å². The third kappa shape index (κ3) is 5.23. The number of pyridine rings is 1. The second-order valence-corrected chi connectivity index (χ2v) is 9.36. The lowest BCUT2D eigenvalue weighted by Crippen LogP contribution is -2.39. The molecule has 0 saturated carbocycles. The number of amides is 1. The monoisotopic (exact) mass is 502 g/mol. The fourth-order valence-electron chi connectivity index (χ4n) is 5.04. The van der Waals surface area contributed by atoms with E-state index < -0.39 is 17.9 Å². The van der Waals surface area contributed by atoms with Gasteiger partial charge in [-0.3, -0.25) is 9.59 Å². The summed E-state index contributed by atoms with van der Waals surface area (Å²) in [6, 6.07) is 15.2. The number of esters is 1. The van der Waals surface area contributed by atoms with Crippen molar-refractivity contribution in [3.8, 4) is 11.5 Å². The lowest BCUT2D eigenvalue weighted by atomic mass is 9.95. The number of hydrogen-bond acceptors (Lipinski definition) is 6. The van der Waals surface area contributed by atoms with Crippen LogP contribution in [0.4, 0.5) is 0 Å². The Bertz CT molecular complexity index is 1360. The first-order chi connectivity index (χ1) is 18.0. The maximum absolute atomic E-state index is 13.8. The first-order valence-electron chi connectivity index (χ1n) is 12.6. The van der Waals surface area contributed by atoms with Crippen molar-refractivity contribution >= 4 is 11.9 Å². The predicted molar refractivity (Wildman–Crippen MR) is 137 cm³/mol. The maximum atomic E-state index is 13.8. The molecule has 5 rings (SSSR count). The van der Waals surface area contributed by atoms with Gasteiger partial charge in [-0.15, -0.1) is 0 Å². The number of nitrogens with zero attached hydrogens (tertiary/aromatic N) is 1. The zero-order valence-electron chi connectivity index (χ0n) is 20.8. The molecule has 0 unspecified atom stereocenters. The smallest absolute Gasteiger partial charge is 0.333 e. The van der Waals surface area contributed by atoms with Gasteiger partial charge in [-0.2, -0.15) is 0 Å². The maximum Gasteiger partial charge on any atom is 0.333 e. The molecule has 0 saturated heterocycles. The Balaban J connectivity index is 1.54. The summed E-state index contributed by atoms with van der Waals surface area (Å²) in [5, 5.41) is 2.74. The van der Waals surface area contributed by atoms with Crippen LogP contribution >= 0.6 is 0 Å². The Morgan fingerprint density at radius 1 is 0.973 bits per heavy atom. The van der Waals surface area contributed by atoms with Gasteiger partial charge in [-0.1, -0.05) is 49.2 Å². The van der Waals surface area contributed by atoms with Crippen LogP contribution in [0.25, 0.3) is 0 Å². The summed E-state index contributed by atoms with van der Waals surface area (Å²) in [4.78, 5) is 39.8. The third-order valence-corrected chi connectivity index (χ3v) is 6.97. The zero-order chi connectivity index (χ0) is 25.8. The summed E-state index contributed by atoms with van der Waals surface area (Å²) in [6.45, 7) is 0.477. The molecule has 8 heteroatoms. The minimum absolute atomic E-state index is 0.0184. The summed E-state index contributed by atoms with van der Waals surface area (Å²) >= 11 is 0. The normalized spacial score (nSPS) is 15.2. The molecule has 2 aliphatic rings. The van der Waals surface area contributed by atoms with Crippen LogP contribution in [-0.2, 0) is 28.9 Å². The fraction of sp³-hybridized carbons (Fsp3) is 0.345. The highest BCUT2D eigenvalue weighted by molar-refractivity contribution is 5.97. The summed E-state index contributed by atoms with van der Waals surface area (Å²) in [5.74, 6) is 0.112. The average Bonchev–Trinajstić information content (AvgIpc) is 3.37. The number of carbonyl (C=O) groups excluding carboxylic acids is 2. The van der Waals surface area contributed by atoms with E-state index in [0.29, 0.717) is 23.6 Å². The standard InChI is InChI=1S/C29H30N2O6/c1-35-29(34)26(20-9-6-4-7-10-20)30-27(32)22-16-21-11-5-2-3-8-12-23(21)31(28(22)33)17-19-13-14-24-25(15-19)37-18-36-24/h4,6-7,9-10,13-16,26H,2-3,5,8,11-12,17-18H2,1H3,(H,30,32)/t26-/m1/s1. The van der Waals surface area contributed by atoms with E-state index in [4.69, 9.17) is 14.2 Å². The Kier molecular flexibility index (Phi) is 7.25. The van der Waals surface area contributed by atoms with Gasteiger partial charge in [0.25, 0.3) is 11.5 Å². The van der Waals surface area contributed by atoms with Gasteiger partial charge < -0.3 is 24.1 Å². The molecule has 8 nitrogen and oxygen atoms in total. The summed E-state index contributed by atoms with van der Waals surface area (Å²) in [5.41, 5.74) is 3.06. The molecule has 0 spiro atoms. The Labute approximate surface area is 215 Å². The molecule has 192 valence electrons. The van der Waals surface area contributed by atoms with Crippen molar-refractivity contribution in [2.45, 2.75) is 51.1 Å². The second kappa shape index (κ2) is 10.9. The summed E-state index contributed by atoms with van der Waals surface area (Å²) < 4.78 is 17.6. The van der Waals surface area contributed by atoms with E-state index in [-0.39, 0.29) is 17.9 Å². The highest BCUT2D eigenvalue weighted by Crippen LogP contribution is 2.33. The number of methoxy groups -OCH3 is 1. The molecule has 2 heterocycles. The Morgan fingerprint density at radius 3 is 2.51 bits per heavy atom. The van der Waals surface area contributed by atoms with Crippen molar-refractivity contribution in [3.63, 3.8) is 0 Å². The van der Waals surface area contributed by atoms with Crippen LogP contribution in [0.1, 0.15) is 64.5 Å². The molecule has 1 aromatic heterocycles. The van der Waals surface area contributed by atoms with Crippen molar-refractivity contribution in [3.05, 3.63) is 92.9 Å². The van der Waals surface area contributed by atoms with E-state index in [2.05, 4.69) is 5.32 Å². The van der Waals surface area contributed by atoms with Crippen molar-refractivity contribution in [1.29, 1.82) is 0 Å². The molecular weight excluding hydrogens is 472 g/mol. The van der Waals surface area contributed by atoms with Gasteiger partial charge in [-0.05, 0) is 60.6 Å². The number of ether oxygens (including phenoxy) is 3. The Hall–Kier alpha value is -4.07. The number of nitrogens with one attached hydrogen (secondary N) is 1. The van der Waals surface area contributed by atoms with Gasteiger partial charge in [0.1, 0.15) is 5.56 Å². The fourth-order valence-corrected chi connectivity index (χ4v) is 5.04. The van der Waals surface area contributed by atoms with Crippen molar-refractivity contribution < 1.29 is 23.8 Å². The molecule has 3 aromatic rings. The minimum Gasteiger partial charge on any atom is -0.467 e. The van der Waals surface area contributed by atoms with E-state index in [1.54, 1.807) is 34.9 Å². The SMILES string of the molecule is COC(=O)[C@H](NC(=O)c1cc2c(n(Cc3ccc4c(c3)OCO4)c1=O)CCCCCC2)c1ccccc1. The molecule has 0 bridgehead atoms. The van der Waals surface area contributed by atoms with Crippen LogP contribution in [0, 0.1) is 0 Å². The average molecular weight is 503 g/mol. The van der Waals surface area contributed by atoms with E-state index in [9.17, 15) is 14.4 Å². The lowest BCUT2D eigenvalue weighted by Gasteiger charge is -2.22. The molecular formula is C29H30N2O6. The number of rotatable bonds is 6. The van der Waals surface area contributed by atoms with Crippen LogP contribution < -0.4 is 20.3 Å². The van der Waals surface area contributed by atoms with E-state index >= 15 is 0 Å². The summed E-state index contributed by atoms with van der Waals surface area (Å²) in [6.07, 6.45) is 5.75. The third-order valence-electron chi connectivity index (χ3n) is 6.97. The van der Waals surface area contributed by atoms with E-state index in [1.807, 2.05) is 24.3 Å². The van der Waals surface area contributed by atoms with Gasteiger partial charge in [-0.25, -0.2) is 4.79 Å². The van der Waals surface area contributed by atoms with Crippen LogP contribution in [-0.4, -0.2) is 30.3 Å². The first-order valence-corrected chi connectivity index (χ1v) is 12.6. The van der Waals surface area contributed by atoms with Crippen LogP contribution in [0.2, 0.25) is 0 Å². The van der Waals surface area contributed by atoms with E-state index in [0.717, 1.165) is 55.3 Å². The highest BCUT2D eigenvalue weighted by Gasteiger charge is 2.27.